The summed E-state index contributed by atoms with van der Waals surface area (Å²) in [6, 6.07) is 7.30. The molecule has 0 fully saturated rings. The van der Waals surface area contributed by atoms with Crippen LogP contribution in [-0.4, -0.2) is 6.04 Å². The van der Waals surface area contributed by atoms with E-state index in [1.807, 2.05) is 0 Å². The molecule has 0 radical (unpaired) electrons. The van der Waals surface area contributed by atoms with Gasteiger partial charge in [0.1, 0.15) is 0 Å². The SMILES string of the molecule is CCCCCC(C)Nc1ccc(C)c(CC)c1. The van der Waals surface area contributed by atoms with Gasteiger partial charge in [-0.1, -0.05) is 39.2 Å². The Balaban J connectivity index is 2.50. The van der Waals surface area contributed by atoms with Gasteiger partial charge in [-0.3, -0.25) is 0 Å². The third-order valence-electron chi connectivity index (χ3n) is 3.38. The highest BCUT2D eigenvalue weighted by Crippen LogP contribution is 2.17. The first-order chi connectivity index (χ1) is 8.17. The first kappa shape index (κ1) is 14.1. The lowest BCUT2D eigenvalue weighted by Gasteiger charge is -2.16. The third-order valence-corrected chi connectivity index (χ3v) is 3.38. The van der Waals surface area contributed by atoms with Gasteiger partial charge in [0.05, 0.1) is 0 Å². The fourth-order valence-electron chi connectivity index (χ4n) is 2.20. The number of aryl methyl sites for hydroxylation is 2. The van der Waals surface area contributed by atoms with Crippen molar-refractivity contribution < 1.29 is 0 Å². The van der Waals surface area contributed by atoms with Gasteiger partial charge in [0.2, 0.25) is 0 Å². The molecule has 0 amide bonds. The molecule has 0 aliphatic rings. The van der Waals surface area contributed by atoms with Gasteiger partial charge in [0, 0.05) is 11.7 Å². The van der Waals surface area contributed by atoms with Crippen LogP contribution in [0.1, 0.15) is 57.6 Å². The minimum absolute atomic E-state index is 0.578. The van der Waals surface area contributed by atoms with Gasteiger partial charge >= 0.3 is 0 Å². The second kappa shape index (κ2) is 7.37. The van der Waals surface area contributed by atoms with Crippen LogP contribution >= 0.6 is 0 Å². The van der Waals surface area contributed by atoms with Crippen molar-refractivity contribution in [2.24, 2.45) is 0 Å². The first-order valence-corrected chi connectivity index (χ1v) is 7.03. The van der Waals surface area contributed by atoms with E-state index in [0.29, 0.717) is 6.04 Å². The van der Waals surface area contributed by atoms with E-state index in [4.69, 9.17) is 0 Å². The molecule has 1 aromatic carbocycles. The summed E-state index contributed by atoms with van der Waals surface area (Å²) in [5, 5.41) is 3.60. The molecular weight excluding hydrogens is 206 g/mol. The van der Waals surface area contributed by atoms with Crippen LogP contribution in [0.15, 0.2) is 18.2 Å². The van der Waals surface area contributed by atoms with Crippen molar-refractivity contribution in [2.45, 2.75) is 65.8 Å². The van der Waals surface area contributed by atoms with Gasteiger partial charge in [0.25, 0.3) is 0 Å². The number of rotatable bonds is 7. The molecule has 1 rings (SSSR count). The van der Waals surface area contributed by atoms with Crippen LogP contribution in [0.2, 0.25) is 0 Å². The normalized spacial score (nSPS) is 12.5. The fourth-order valence-corrected chi connectivity index (χ4v) is 2.20. The molecule has 1 nitrogen and oxygen atoms in total. The molecule has 1 unspecified atom stereocenters. The van der Waals surface area contributed by atoms with Crippen molar-refractivity contribution in [2.75, 3.05) is 5.32 Å². The third kappa shape index (κ3) is 4.80. The van der Waals surface area contributed by atoms with Crippen molar-refractivity contribution in [3.63, 3.8) is 0 Å². The summed E-state index contributed by atoms with van der Waals surface area (Å²) in [5.41, 5.74) is 4.13. The lowest BCUT2D eigenvalue weighted by molar-refractivity contribution is 0.615. The Morgan fingerprint density at radius 2 is 1.94 bits per heavy atom. The summed E-state index contributed by atoms with van der Waals surface area (Å²) in [7, 11) is 0. The molecule has 0 saturated heterocycles. The topological polar surface area (TPSA) is 12.0 Å². The highest BCUT2D eigenvalue weighted by Gasteiger charge is 2.03. The van der Waals surface area contributed by atoms with Gasteiger partial charge < -0.3 is 5.32 Å². The Bertz CT molecular complexity index is 330. The number of anilines is 1. The summed E-state index contributed by atoms with van der Waals surface area (Å²) < 4.78 is 0. The van der Waals surface area contributed by atoms with Crippen LogP contribution in [-0.2, 0) is 6.42 Å². The molecule has 0 spiro atoms. The molecule has 0 aliphatic heterocycles. The highest BCUT2D eigenvalue weighted by atomic mass is 14.9. The second-order valence-electron chi connectivity index (χ2n) is 5.04. The van der Waals surface area contributed by atoms with E-state index < -0.39 is 0 Å². The molecule has 0 aromatic heterocycles. The van der Waals surface area contributed by atoms with Gasteiger partial charge in [-0.15, -0.1) is 0 Å². The summed E-state index contributed by atoms with van der Waals surface area (Å²) in [6.07, 6.45) is 6.36. The minimum Gasteiger partial charge on any atom is -0.383 e. The molecular formula is C16H27N. The Morgan fingerprint density at radius 3 is 2.59 bits per heavy atom. The summed E-state index contributed by atoms with van der Waals surface area (Å²) in [6.45, 7) is 8.94. The number of benzene rings is 1. The van der Waals surface area contributed by atoms with Crippen molar-refractivity contribution >= 4 is 5.69 Å². The van der Waals surface area contributed by atoms with Crippen molar-refractivity contribution in [3.8, 4) is 0 Å². The summed E-state index contributed by atoms with van der Waals surface area (Å²) in [5.74, 6) is 0. The molecule has 1 heteroatoms. The lowest BCUT2D eigenvalue weighted by atomic mass is 10.0. The molecule has 0 saturated carbocycles. The number of nitrogens with one attached hydrogen (secondary N) is 1. The summed E-state index contributed by atoms with van der Waals surface area (Å²) >= 11 is 0. The lowest BCUT2D eigenvalue weighted by Crippen LogP contribution is -2.15. The molecule has 0 aliphatic carbocycles. The largest absolute Gasteiger partial charge is 0.383 e. The van der Waals surface area contributed by atoms with Gasteiger partial charge in [0.15, 0.2) is 0 Å². The van der Waals surface area contributed by atoms with Crippen LogP contribution in [0.3, 0.4) is 0 Å². The Kier molecular flexibility index (Phi) is 6.10. The van der Waals surface area contributed by atoms with Crippen LogP contribution in [0.4, 0.5) is 5.69 Å². The Morgan fingerprint density at radius 1 is 1.18 bits per heavy atom. The average molecular weight is 233 g/mol. The van der Waals surface area contributed by atoms with E-state index >= 15 is 0 Å². The Labute approximate surface area is 107 Å². The molecule has 0 heterocycles. The number of hydrogen-bond acceptors (Lipinski definition) is 1. The number of hydrogen-bond donors (Lipinski definition) is 1. The molecule has 0 bridgehead atoms. The first-order valence-electron chi connectivity index (χ1n) is 7.03. The van der Waals surface area contributed by atoms with Gasteiger partial charge in [-0.2, -0.15) is 0 Å². The smallest absolute Gasteiger partial charge is 0.0345 e. The van der Waals surface area contributed by atoms with E-state index in [2.05, 4.69) is 51.2 Å². The van der Waals surface area contributed by atoms with Gasteiger partial charge in [-0.25, -0.2) is 0 Å². The van der Waals surface area contributed by atoms with Crippen LogP contribution in [0.25, 0.3) is 0 Å². The predicted octanol–water partition coefficient (Wildman–Crippen LogP) is 4.94. The zero-order chi connectivity index (χ0) is 12.7. The quantitative estimate of drug-likeness (QED) is 0.658. The molecule has 1 atom stereocenters. The molecule has 1 aromatic rings. The number of unbranched alkanes of at least 4 members (excludes halogenated alkanes) is 2. The molecule has 17 heavy (non-hydrogen) atoms. The highest BCUT2D eigenvalue weighted by molar-refractivity contribution is 5.49. The van der Waals surface area contributed by atoms with E-state index in [9.17, 15) is 0 Å². The Hall–Kier alpha value is -0.980. The maximum Gasteiger partial charge on any atom is 0.0345 e. The maximum atomic E-state index is 3.60. The predicted molar refractivity (Wildman–Crippen MR) is 77.8 cm³/mol. The van der Waals surface area contributed by atoms with Crippen LogP contribution < -0.4 is 5.32 Å². The second-order valence-corrected chi connectivity index (χ2v) is 5.04. The zero-order valence-corrected chi connectivity index (χ0v) is 11.8. The summed E-state index contributed by atoms with van der Waals surface area (Å²) in [4.78, 5) is 0. The van der Waals surface area contributed by atoms with Crippen molar-refractivity contribution in [1.29, 1.82) is 0 Å². The van der Waals surface area contributed by atoms with E-state index in [1.165, 1.54) is 42.5 Å². The van der Waals surface area contributed by atoms with Crippen molar-refractivity contribution in [3.05, 3.63) is 29.3 Å². The zero-order valence-electron chi connectivity index (χ0n) is 11.8. The standard InChI is InChI=1S/C16H27N/c1-5-7-8-9-14(4)17-16-11-10-13(3)15(6-2)12-16/h10-12,14,17H,5-9H2,1-4H3. The monoisotopic (exact) mass is 233 g/mol. The minimum atomic E-state index is 0.578. The fraction of sp³-hybridized carbons (Fsp3) is 0.625. The van der Waals surface area contributed by atoms with Gasteiger partial charge in [-0.05, 0) is 49.9 Å². The van der Waals surface area contributed by atoms with E-state index in [0.717, 1.165) is 6.42 Å². The molecule has 96 valence electrons. The molecule has 1 N–H and O–H groups in total. The van der Waals surface area contributed by atoms with Crippen LogP contribution in [0, 0.1) is 6.92 Å². The maximum absolute atomic E-state index is 3.60. The van der Waals surface area contributed by atoms with E-state index in [1.54, 1.807) is 0 Å². The average Bonchev–Trinajstić information content (AvgIpc) is 2.32. The van der Waals surface area contributed by atoms with Crippen molar-refractivity contribution in [1.82, 2.24) is 0 Å². The van der Waals surface area contributed by atoms with E-state index in [-0.39, 0.29) is 0 Å². The van der Waals surface area contributed by atoms with Crippen LogP contribution in [0.5, 0.6) is 0 Å².